The normalized spacial score (nSPS) is 28.5. The molecule has 8 nitrogen and oxygen atoms in total. The molecule has 0 aromatic heterocycles. The lowest BCUT2D eigenvalue weighted by molar-refractivity contribution is -0.139. The van der Waals surface area contributed by atoms with Crippen LogP contribution in [-0.2, 0) is 9.53 Å². The molecule has 2 aliphatic heterocycles. The van der Waals surface area contributed by atoms with E-state index in [1.54, 1.807) is 12.1 Å². The summed E-state index contributed by atoms with van der Waals surface area (Å²) in [5.41, 5.74) is 1.37. The van der Waals surface area contributed by atoms with E-state index in [4.69, 9.17) is 6.57 Å². The summed E-state index contributed by atoms with van der Waals surface area (Å²) in [5.74, 6) is 0.243. The number of amides is 2. The average Bonchev–Trinajstić information content (AvgIpc) is 3.09. The number of methoxy groups -OCH3 is 1. The van der Waals surface area contributed by atoms with Crippen molar-refractivity contribution in [3.8, 4) is 0 Å². The first-order valence-electron chi connectivity index (χ1n) is 11.1. The molecule has 4 rings (SSSR count). The molecule has 8 heteroatoms. The molecule has 1 aliphatic carbocycles. The maximum Gasteiger partial charge on any atom is 0.411 e. The number of rotatable bonds is 3. The number of aliphatic hydroxyl groups excluding tert-OH is 1. The number of carbonyl (C=O) groups excluding carboxylic acids is 2. The third kappa shape index (κ3) is 4.19. The minimum atomic E-state index is -0.576. The van der Waals surface area contributed by atoms with Gasteiger partial charge in [0.05, 0.1) is 25.2 Å². The van der Waals surface area contributed by atoms with Gasteiger partial charge >= 0.3 is 6.09 Å². The van der Waals surface area contributed by atoms with Gasteiger partial charge in [-0.15, -0.1) is 0 Å². The topological polar surface area (TPSA) is 86.5 Å². The number of nitrogens with one attached hydrogen (secondary N) is 1. The molecular weight excluding hydrogens is 396 g/mol. The van der Waals surface area contributed by atoms with Crippen molar-refractivity contribution < 1.29 is 19.4 Å². The minimum Gasteiger partial charge on any atom is -0.453 e. The Hall–Kier alpha value is -2.79. The first-order valence-corrected chi connectivity index (χ1v) is 11.1. The van der Waals surface area contributed by atoms with E-state index in [1.807, 2.05) is 6.07 Å². The Balaban J connectivity index is 1.50. The van der Waals surface area contributed by atoms with Gasteiger partial charge in [0.1, 0.15) is 0 Å². The van der Waals surface area contributed by atoms with Gasteiger partial charge in [-0.05, 0) is 63.1 Å². The molecule has 3 aliphatic rings. The molecule has 31 heavy (non-hydrogen) atoms. The number of anilines is 2. The second kappa shape index (κ2) is 8.75. The van der Waals surface area contributed by atoms with Crippen molar-refractivity contribution in [3.05, 3.63) is 29.6 Å². The number of ether oxygens (including phenoxy) is 1. The van der Waals surface area contributed by atoms with Crippen LogP contribution in [0, 0.1) is 12.0 Å². The quantitative estimate of drug-likeness (QED) is 0.722. The molecule has 2 amide bonds. The lowest BCUT2D eigenvalue weighted by atomic mass is 9.78. The fourth-order valence-corrected chi connectivity index (χ4v) is 5.41. The first-order chi connectivity index (χ1) is 15.0. The molecule has 0 unspecified atom stereocenters. The van der Waals surface area contributed by atoms with Crippen LogP contribution >= 0.6 is 0 Å². The van der Waals surface area contributed by atoms with Crippen LogP contribution < -0.4 is 10.2 Å². The molecule has 1 saturated carbocycles. The Bertz CT molecular complexity index is 890. The van der Waals surface area contributed by atoms with E-state index in [0.717, 1.165) is 63.7 Å². The minimum absolute atomic E-state index is 0.225. The van der Waals surface area contributed by atoms with Crippen molar-refractivity contribution in [2.24, 2.45) is 5.41 Å². The summed E-state index contributed by atoms with van der Waals surface area (Å²) >= 11 is 0. The van der Waals surface area contributed by atoms with Crippen molar-refractivity contribution in [2.45, 2.75) is 57.1 Å². The van der Waals surface area contributed by atoms with Gasteiger partial charge in [0.25, 0.3) is 0 Å². The number of benzene rings is 1. The third-order valence-electron chi connectivity index (χ3n) is 7.10. The highest BCUT2D eigenvalue weighted by atomic mass is 16.5. The maximum atomic E-state index is 13.5. The van der Waals surface area contributed by atoms with E-state index >= 15 is 0 Å². The van der Waals surface area contributed by atoms with Gasteiger partial charge in [0, 0.05) is 37.1 Å². The number of carbonyl (C=O) groups is 2. The van der Waals surface area contributed by atoms with E-state index in [9.17, 15) is 14.7 Å². The van der Waals surface area contributed by atoms with Gasteiger partial charge in [-0.25, -0.2) is 9.64 Å². The molecular formula is C23H30N4O4. The maximum absolute atomic E-state index is 13.5. The summed E-state index contributed by atoms with van der Waals surface area (Å²) in [6, 6.07) is 5.50. The van der Waals surface area contributed by atoms with Crippen molar-refractivity contribution >= 4 is 29.1 Å². The van der Waals surface area contributed by atoms with E-state index < -0.39 is 11.5 Å². The summed E-state index contributed by atoms with van der Waals surface area (Å²) in [6.45, 7) is 9.81. The largest absolute Gasteiger partial charge is 0.453 e. The molecule has 3 fully saturated rings. The number of likely N-dealkylation sites (tertiary alicyclic amines) is 1. The second-order valence-corrected chi connectivity index (χ2v) is 8.95. The number of hydrogen-bond acceptors (Lipinski definition) is 5. The van der Waals surface area contributed by atoms with Gasteiger partial charge in [-0.3, -0.25) is 10.1 Å². The summed E-state index contributed by atoms with van der Waals surface area (Å²) in [4.78, 5) is 32.9. The summed E-state index contributed by atoms with van der Waals surface area (Å²) < 4.78 is 4.62. The fraction of sp³-hybridized carbons (Fsp3) is 0.609. The van der Waals surface area contributed by atoms with Crippen molar-refractivity contribution in [1.82, 2.24) is 4.90 Å². The predicted octanol–water partition coefficient (Wildman–Crippen LogP) is 3.54. The molecule has 1 aromatic carbocycles. The highest BCUT2D eigenvalue weighted by molar-refractivity contribution is 5.89. The van der Waals surface area contributed by atoms with Crippen molar-refractivity contribution in [3.63, 3.8) is 0 Å². The van der Waals surface area contributed by atoms with Crippen LogP contribution in [-0.4, -0.2) is 60.9 Å². The molecule has 0 bridgehead atoms. The highest BCUT2D eigenvalue weighted by Crippen LogP contribution is 2.45. The van der Waals surface area contributed by atoms with Crippen LogP contribution in [0.15, 0.2) is 18.2 Å². The van der Waals surface area contributed by atoms with Gasteiger partial charge < -0.3 is 19.6 Å². The Kier molecular flexibility index (Phi) is 6.05. The first kappa shape index (κ1) is 21.4. The molecule has 1 spiro atoms. The van der Waals surface area contributed by atoms with Crippen LogP contribution in [0.3, 0.4) is 0 Å². The highest BCUT2D eigenvalue weighted by Gasteiger charge is 2.50. The van der Waals surface area contributed by atoms with Crippen molar-refractivity contribution in [2.75, 3.05) is 37.0 Å². The lowest BCUT2D eigenvalue weighted by Gasteiger charge is -2.42. The van der Waals surface area contributed by atoms with Crippen LogP contribution in [0.1, 0.15) is 44.9 Å². The fourth-order valence-electron chi connectivity index (χ4n) is 5.41. The SMILES string of the molecule is [C-]#[N+]c1cc(NC(=O)OC)ccc1N1CCC[C@@]2(CCN(C3CCC(O)CC3)C2=O)C1. The number of hydrogen-bond donors (Lipinski definition) is 2. The number of aliphatic hydroxyl groups is 1. The molecule has 166 valence electrons. The summed E-state index contributed by atoms with van der Waals surface area (Å²) in [5, 5.41) is 12.4. The van der Waals surface area contributed by atoms with Crippen LogP contribution in [0.5, 0.6) is 0 Å². The summed E-state index contributed by atoms with van der Waals surface area (Å²) in [6.07, 6.45) is 5.13. The molecule has 1 aromatic rings. The Morgan fingerprint density at radius 3 is 2.74 bits per heavy atom. The van der Waals surface area contributed by atoms with Crippen molar-refractivity contribution in [1.29, 1.82) is 0 Å². The Morgan fingerprint density at radius 1 is 1.26 bits per heavy atom. The van der Waals surface area contributed by atoms with Gasteiger partial charge in [0.15, 0.2) is 0 Å². The molecule has 2 saturated heterocycles. The second-order valence-electron chi connectivity index (χ2n) is 8.95. The lowest BCUT2D eigenvalue weighted by Crippen LogP contribution is -2.50. The predicted molar refractivity (Wildman–Crippen MR) is 117 cm³/mol. The van der Waals surface area contributed by atoms with Crippen LogP contribution in [0.4, 0.5) is 21.9 Å². The van der Waals surface area contributed by atoms with E-state index in [2.05, 4.69) is 24.7 Å². The Morgan fingerprint density at radius 2 is 2.03 bits per heavy atom. The zero-order valence-corrected chi connectivity index (χ0v) is 18.0. The van der Waals surface area contributed by atoms with E-state index in [0.29, 0.717) is 17.9 Å². The zero-order chi connectivity index (χ0) is 22.0. The van der Waals surface area contributed by atoms with Gasteiger partial charge in [-0.2, -0.15) is 0 Å². The van der Waals surface area contributed by atoms with Gasteiger partial charge in [-0.1, -0.05) is 0 Å². The molecule has 0 radical (unpaired) electrons. The van der Waals surface area contributed by atoms with Crippen LogP contribution in [0.25, 0.3) is 4.85 Å². The number of nitrogens with zero attached hydrogens (tertiary/aromatic N) is 3. The zero-order valence-electron chi connectivity index (χ0n) is 18.0. The van der Waals surface area contributed by atoms with Gasteiger partial charge in [0.2, 0.25) is 11.6 Å². The van der Waals surface area contributed by atoms with E-state index in [1.165, 1.54) is 7.11 Å². The molecule has 2 N–H and O–H groups in total. The molecule has 2 heterocycles. The standard InChI is InChI=1S/C23H30N4O4/c1-24-19-14-16(25-22(30)31-2)4-9-20(19)26-12-3-10-23(15-26)11-13-27(21(23)29)17-5-7-18(28)8-6-17/h4,9,14,17-18,28H,3,5-8,10-13,15H2,2H3,(H,25,30)/t17?,18?,23-/m1/s1. The smallest absolute Gasteiger partial charge is 0.411 e. The van der Waals surface area contributed by atoms with E-state index in [-0.39, 0.29) is 18.1 Å². The molecule has 1 atom stereocenters. The summed E-state index contributed by atoms with van der Waals surface area (Å²) in [7, 11) is 1.30. The Labute approximate surface area is 183 Å². The third-order valence-corrected chi connectivity index (χ3v) is 7.10. The number of piperidine rings is 1. The van der Waals surface area contributed by atoms with Crippen LogP contribution in [0.2, 0.25) is 0 Å². The monoisotopic (exact) mass is 426 g/mol. The average molecular weight is 427 g/mol.